The molecule has 0 fully saturated rings. The lowest BCUT2D eigenvalue weighted by Crippen LogP contribution is -2.20. The molecule has 0 aliphatic carbocycles. The van der Waals surface area contributed by atoms with Gasteiger partial charge in [0.1, 0.15) is 5.75 Å². The van der Waals surface area contributed by atoms with Gasteiger partial charge in [-0.25, -0.2) is 4.68 Å². The third-order valence-electron chi connectivity index (χ3n) is 4.34. The van der Waals surface area contributed by atoms with Gasteiger partial charge in [-0.3, -0.25) is 4.79 Å². The molecule has 7 nitrogen and oxygen atoms in total. The van der Waals surface area contributed by atoms with Crippen molar-refractivity contribution >= 4 is 12.0 Å². The standard InChI is InChI=1S/C23H25N3O4/c1-4-30-21-11-5-17(15-22(21)29-3)6-12-23(27)24-16-18-13-14-26(25-18)19-7-9-20(28-2)10-8-19/h5-15H,4,16H2,1-3H3,(H,24,27)/b12-6+. The minimum Gasteiger partial charge on any atom is -0.497 e. The second kappa shape index (κ2) is 10.2. The lowest BCUT2D eigenvalue weighted by Gasteiger charge is -2.09. The zero-order chi connectivity index (χ0) is 21.3. The van der Waals surface area contributed by atoms with Crippen LogP contribution in [0.15, 0.2) is 60.8 Å². The van der Waals surface area contributed by atoms with Gasteiger partial charge in [0.25, 0.3) is 0 Å². The number of nitrogens with one attached hydrogen (secondary N) is 1. The van der Waals surface area contributed by atoms with E-state index in [4.69, 9.17) is 14.2 Å². The topological polar surface area (TPSA) is 74.6 Å². The van der Waals surface area contributed by atoms with Crippen LogP contribution in [0.4, 0.5) is 0 Å². The summed E-state index contributed by atoms with van der Waals surface area (Å²) >= 11 is 0. The van der Waals surface area contributed by atoms with Crippen molar-refractivity contribution in [2.75, 3.05) is 20.8 Å². The first-order valence-electron chi connectivity index (χ1n) is 9.58. The van der Waals surface area contributed by atoms with E-state index in [1.54, 1.807) is 25.0 Å². The van der Waals surface area contributed by atoms with Crippen molar-refractivity contribution in [2.24, 2.45) is 0 Å². The predicted octanol–water partition coefficient (Wildman–Crippen LogP) is 3.62. The third-order valence-corrected chi connectivity index (χ3v) is 4.34. The Morgan fingerprint density at radius 3 is 2.57 bits per heavy atom. The molecule has 3 aromatic rings. The van der Waals surface area contributed by atoms with Gasteiger partial charge < -0.3 is 19.5 Å². The number of benzene rings is 2. The van der Waals surface area contributed by atoms with E-state index >= 15 is 0 Å². The molecule has 0 aliphatic rings. The molecule has 0 bridgehead atoms. The number of hydrogen-bond donors (Lipinski definition) is 1. The van der Waals surface area contributed by atoms with Crippen LogP contribution in [-0.4, -0.2) is 36.5 Å². The first-order valence-corrected chi connectivity index (χ1v) is 9.58. The van der Waals surface area contributed by atoms with Gasteiger partial charge in [-0.1, -0.05) is 6.07 Å². The van der Waals surface area contributed by atoms with E-state index in [1.807, 2.05) is 61.7 Å². The van der Waals surface area contributed by atoms with Crippen molar-refractivity contribution in [1.29, 1.82) is 0 Å². The number of carbonyl (C=O) groups is 1. The van der Waals surface area contributed by atoms with Crippen LogP contribution in [-0.2, 0) is 11.3 Å². The van der Waals surface area contributed by atoms with Crippen LogP contribution in [0.25, 0.3) is 11.8 Å². The number of ether oxygens (including phenoxy) is 3. The largest absolute Gasteiger partial charge is 0.497 e. The van der Waals surface area contributed by atoms with Gasteiger partial charge in [0, 0.05) is 12.3 Å². The molecule has 3 rings (SSSR count). The lowest BCUT2D eigenvalue weighted by atomic mass is 10.2. The highest BCUT2D eigenvalue weighted by atomic mass is 16.5. The van der Waals surface area contributed by atoms with E-state index in [1.165, 1.54) is 6.08 Å². The van der Waals surface area contributed by atoms with Gasteiger partial charge in [-0.15, -0.1) is 0 Å². The molecule has 2 aromatic carbocycles. The van der Waals surface area contributed by atoms with Gasteiger partial charge in [-0.05, 0) is 61.0 Å². The van der Waals surface area contributed by atoms with Gasteiger partial charge in [0.2, 0.25) is 5.91 Å². The number of amides is 1. The van der Waals surface area contributed by atoms with Crippen LogP contribution in [0, 0.1) is 0 Å². The van der Waals surface area contributed by atoms with Crippen molar-refractivity contribution in [3.8, 4) is 22.9 Å². The molecule has 1 amide bonds. The average molecular weight is 407 g/mol. The normalized spacial score (nSPS) is 10.8. The molecular formula is C23H25N3O4. The highest BCUT2D eigenvalue weighted by Gasteiger charge is 2.05. The summed E-state index contributed by atoms with van der Waals surface area (Å²) in [5.41, 5.74) is 2.52. The van der Waals surface area contributed by atoms with E-state index in [0.29, 0.717) is 24.7 Å². The number of nitrogens with zero attached hydrogens (tertiary/aromatic N) is 2. The van der Waals surface area contributed by atoms with Crippen molar-refractivity contribution in [1.82, 2.24) is 15.1 Å². The molecule has 0 saturated heterocycles. The molecule has 0 aliphatic heterocycles. The van der Waals surface area contributed by atoms with Crippen LogP contribution in [0.1, 0.15) is 18.2 Å². The molecular weight excluding hydrogens is 382 g/mol. The molecule has 30 heavy (non-hydrogen) atoms. The Bertz CT molecular complexity index is 1010. The summed E-state index contributed by atoms with van der Waals surface area (Å²) in [6.45, 7) is 2.80. The quantitative estimate of drug-likeness (QED) is 0.549. The first-order chi connectivity index (χ1) is 14.6. The zero-order valence-electron chi connectivity index (χ0n) is 17.3. The van der Waals surface area contributed by atoms with E-state index in [9.17, 15) is 4.79 Å². The summed E-state index contributed by atoms with van der Waals surface area (Å²) in [7, 11) is 3.22. The molecule has 0 atom stereocenters. The Morgan fingerprint density at radius 2 is 1.87 bits per heavy atom. The fourth-order valence-corrected chi connectivity index (χ4v) is 2.81. The Morgan fingerprint density at radius 1 is 1.07 bits per heavy atom. The van der Waals surface area contributed by atoms with Gasteiger partial charge in [-0.2, -0.15) is 5.10 Å². The monoisotopic (exact) mass is 407 g/mol. The van der Waals surface area contributed by atoms with Crippen LogP contribution < -0.4 is 19.5 Å². The van der Waals surface area contributed by atoms with E-state index in [-0.39, 0.29) is 5.91 Å². The smallest absolute Gasteiger partial charge is 0.244 e. The summed E-state index contributed by atoms with van der Waals surface area (Å²) < 4.78 is 17.7. The van der Waals surface area contributed by atoms with Crippen molar-refractivity contribution in [2.45, 2.75) is 13.5 Å². The highest BCUT2D eigenvalue weighted by Crippen LogP contribution is 2.28. The van der Waals surface area contributed by atoms with E-state index < -0.39 is 0 Å². The maximum atomic E-state index is 12.2. The number of aromatic nitrogens is 2. The minimum absolute atomic E-state index is 0.207. The minimum atomic E-state index is -0.207. The molecule has 0 spiro atoms. The van der Waals surface area contributed by atoms with Crippen LogP contribution in [0.5, 0.6) is 17.2 Å². The summed E-state index contributed by atoms with van der Waals surface area (Å²) in [6, 6.07) is 15.0. The summed E-state index contributed by atoms with van der Waals surface area (Å²) in [5, 5.41) is 7.32. The summed E-state index contributed by atoms with van der Waals surface area (Å²) in [5.74, 6) is 1.88. The van der Waals surface area contributed by atoms with Crippen molar-refractivity contribution in [3.63, 3.8) is 0 Å². The van der Waals surface area contributed by atoms with Gasteiger partial charge in [0.15, 0.2) is 11.5 Å². The Hall–Kier alpha value is -3.74. The summed E-state index contributed by atoms with van der Waals surface area (Å²) in [4.78, 5) is 12.2. The summed E-state index contributed by atoms with van der Waals surface area (Å²) in [6.07, 6.45) is 5.06. The highest BCUT2D eigenvalue weighted by molar-refractivity contribution is 5.91. The molecule has 1 heterocycles. The second-order valence-electron chi connectivity index (χ2n) is 6.34. The van der Waals surface area contributed by atoms with Gasteiger partial charge >= 0.3 is 0 Å². The molecule has 1 N–H and O–H groups in total. The lowest BCUT2D eigenvalue weighted by molar-refractivity contribution is -0.116. The zero-order valence-corrected chi connectivity index (χ0v) is 17.3. The molecule has 156 valence electrons. The predicted molar refractivity (Wildman–Crippen MR) is 115 cm³/mol. The second-order valence-corrected chi connectivity index (χ2v) is 6.34. The molecule has 1 aromatic heterocycles. The van der Waals surface area contributed by atoms with E-state index in [2.05, 4.69) is 10.4 Å². The fraction of sp³-hybridized carbons (Fsp3) is 0.217. The van der Waals surface area contributed by atoms with Crippen molar-refractivity contribution < 1.29 is 19.0 Å². The van der Waals surface area contributed by atoms with Crippen LogP contribution >= 0.6 is 0 Å². The number of hydrogen-bond acceptors (Lipinski definition) is 5. The Kier molecular flexibility index (Phi) is 7.10. The third kappa shape index (κ3) is 5.41. The first kappa shape index (κ1) is 21.0. The van der Waals surface area contributed by atoms with Crippen LogP contribution in [0.3, 0.4) is 0 Å². The average Bonchev–Trinajstić information content (AvgIpc) is 3.26. The van der Waals surface area contributed by atoms with E-state index in [0.717, 1.165) is 22.7 Å². The van der Waals surface area contributed by atoms with Crippen LogP contribution in [0.2, 0.25) is 0 Å². The Labute approximate surface area is 175 Å². The number of methoxy groups -OCH3 is 2. The molecule has 0 radical (unpaired) electrons. The SMILES string of the molecule is CCOc1ccc(/C=C/C(=O)NCc2ccn(-c3ccc(OC)cc3)n2)cc1OC. The van der Waals surface area contributed by atoms with Gasteiger partial charge in [0.05, 0.1) is 38.8 Å². The number of carbonyl (C=O) groups excluding carboxylic acids is 1. The molecule has 7 heteroatoms. The van der Waals surface area contributed by atoms with Crippen molar-refractivity contribution in [3.05, 3.63) is 72.1 Å². The molecule has 0 saturated carbocycles. The maximum Gasteiger partial charge on any atom is 0.244 e. The molecule has 0 unspecified atom stereocenters. The number of rotatable bonds is 9. The Balaban J connectivity index is 1.56. The maximum absolute atomic E-state index is 12.2. The fourth-order valence-electron chi connectivity index (χ4n) is 2.81.